The molecule has 2 atom stereocenters. The third-order valence-electron chi connectivity index (χ3n) is 5.23. The average Bonchev–Trinajstić information content (AvgIpc) is 3.13. The van der Waals surface area contributed by atoms with Gasteiger partial charge in [0.05, 0.1) is 29.3 Å². The molecule has 1 amide bonds. The summed E-state index contributed by atoms with van der Waals surface area (Å²) in [6.45, 7) is 3.91. The number of amidine groups is 1. The Morgan fingerprint density at radius 1 is 1.16 bits per heavy atom. The number of halogens is 2. The summed E-state index contributed by atoms with van der Waals surface area (Å²) in [6.07, 6.45) is 0. The molecule has 10 heteroatoms. The summed E-state index contributed by atoms with van der Waals surface area (Å²) < 4.78 is 24.3. The van der Waals surface area contributed by atoms with Gasteiger partial charge in [-0.15, -0.1) is 0 Å². The molecule has 0 aliphatic carbocycles. The molecule has 1 saturated heterocycles. The van der Waals surface area contributed by atoms with Crippen LogP contribution in [-0.2, 0) is 14.6 Å². The van der Waals surface area contributed by atoms with Crippen LogP contribution in [0.15, 0.2) is 41.4 Å². The monoisotopic (exact) mass is 497 g/mol. The van der Waals surface area contributed by atoms with Gasteiger partial charge in [0.1, 0.15) is 0 Å². The zero-order valence-electron chi connectivity index (χ0n) is 16.9. The highest BCUT2D eigenvalue weighted by atomic mass is 35.5. The Bertz CT molecular complexity index is 1160. The van der Waals surface area contributed by atoms with E-state index in [0.717, 1.165) is 16.8 Å². The lowest BCUT2D eigenvalue weighted by molar-refractivity contribution is -0.113. The third kappa shape index (κ3) is 5.03. The van der Waals surface area contributed by atoms with Crippen LogP contribution in [0, 0.1) is 13.8 Å². The molecule has 6 nitrogen and oxygen atoms in total. The number of aliphatic imine (C=N–C) groups is 1. The molecule has 2 heterocycles. The summed E-state index contributed by atoms with van der Waals surface area (Å²) in [4.78, 5) is 19.1. The third-order valence-corrected chi connectivity index (χ3v) is 8.33. The lowest BCUT2D eigenvalue weighted by Crippen LogP contribution is -2.39. The lowest BCUT2D eigenvalue weighted by Gasteiger charge is -2.26. The first-order valence-electron chi connectivity index (χ1n) is 9.65. The van der Waals surface area contributed by atoms with Crippen molar-refractivity contribution >= 4 is 67.3 Å². The number of benzene rings is 2. The van der Waals surface area contributed by atoms with Gasteiger partial charge in [-0.05, 0) is 49.2 Å². The Labute approximate surface area is 195 Å². The first-order valence-corrected chi connectivity index (χ1v) is 13.2. The van der Waals surface area contributed by atoms with Crippen LogP contribution in [0.2, 0.25) is 10.0 Å². The predicted octanol–water partition coefficient (Wildman–Crippen LogP) is 4.32. The van der Waals surface area contributed by atoms with Gasteiger partial charge in [-0.25, -0.2) is 8.42 Å². The van der Waals surface area contributed by atoms with Crippen LogP contribution in [0.3, 0.4) is 0 Å². The molecule has 0 unspecified atom stereocenters. The Morgan fingerprint density at radius 2 is 1.87 bits per heavy atom. The number of thioether (sulfide) groups is 1. The molecule has 0 saturated carbocycles. The number of carbonyl (C=O) groups is 1. The number of aryl methyl sites for hydroxylation is 2. The second-order valence-corrected chi connectivity index (χ2v) is 11.7. The van der Waals surface area contributed by atoms with Crippen molar-refractivity contribution in [2.24, 2.45) is 4.99 Å². The summed E-state index contributed by atoms with van der Waals surface area (Å²) in [5.41, 5.74) is 3.49. The fraction of sp³-hybridized carbons (Fsp3) is 0.333. The molecular weight excluding hydrogens is 477 g/mol. The van der Waals surface area contributed by atoms with Crippen molar-refractivity contribution in [1.82, 2.24) is 0 Å². The second-order valence-electron chi connectivity index (χ2n) is 7.78. The van der Waals surface area contributed by atoms with Crippen molar-refractivity contribution < 1.29 is 13.2 Å². The van der Waals surface area contributed by atoms with Crippen molar-refractivity contribution in [2.45, 2.75) is 25.9 Å². The number of hydrogen-bond acceptors (Lipinski definition) is 6. The zero-order valence-corrected chi connectivity index (χ0v) is 20.1. The SMILES string of the molecule is Cc1ccc(C)c(NC(=O)CSC2=N[C@@H]3CS(=O)(=O)C[C@H]3N2c2cc(Cl)cc(Cl)c2)c1. The summed E-state index contributed by atoms with van der Waals surface area (Å²) in [5, 5.41) is 4.43. The standard InChI is InChI=1S/C21H21Cl2N3O3S2/c1-12-3-4-13(2)17(5-12)24-20(27)9-30-21-25-18-10-31(28,29)11-19(18)26(21)16-7-14(22)6-15(23)8-16/h3-8,18-19H,9-11H2,1-2H3,(H,24,27)/t18-,19-/m1/s1. The molecule has 31 heavy (non-hydrogen) atoms. The number of nitrogens with one attached hydrogen (secondary N) is 1. The first-order chi connectivity index (χ1) is 14.6. The maximum atomic E-state index is 12.6. The van der Waals surface area contributed by atoms with Crippen LogP contribution < -0.4 is 10.2 Å². The first kappa shape index (κ1) is 22.5. The van der Waals surface area contributed by atoms with Gasteiger partial charge in [-0.3, -0.25) is 9.79 Å². The van der Waals surface area contributed by atoms with E-state index in [1.54, 1.807) is 18.2 Å². The van der Waals surface area contributed by atoms with E-state index in [2.05, 4.69) is 10.3 Å². The zero-order chi connectivity index (χ0) is 22.3. The summed E-state index contributed by atoms with van der Waals surface area (Å²) >= 11 is 13.6. The molecule has 2 aliphatic heterocycles. The Balaban J connectivity index is 1.54. The van der Waals surface area contributed by atoms with Crippen LogP contribution in [0.25, 0.3) is 0 Å². The Hall–Kier alpha value is -1.74. The average molecular weight is 498 g/mol. The number of nitrogens with zero attached hydrogens (tertiary/aromatic N) is 2. The number of hydrogen-bond donors (Lipinski definition) is 1. The largest absolute Gasteiger partial charge is 0.325 e. The van der Waals surface area contributed by atoms with Crippen molar-refractivity contribution in [3.05, 3.63) is 57.6 Å². The normalized spacial score (nSPS) is 21.7. The number of sulfone groups is 1. The fourth-order valence-corrected chi connectivity index (χ4v) is 7.08. The van der Waals surface area contributed by atoms with E-state index in [1.165, 1.54) is 11.8 Å². The Morgan fingerprint density at radius 3 is 2.58 bits per heavy atom. The highest BCUT2D eigenvalue weighted by Crippen LogP contribution is 2.37. The van der Waals surface area contributed by atoms with E-state index < -0.39 is 9.84 Å². The fourth-order valence-electron chi connectivity index (χ4n) is 3.80. The molecule has 2 aromatic rings. The van der Waals surface area contributed by atoms with Crippen molar-refractivity contribution in [2.75, 3.05) is 27.5 Å². The van der Waals surface area contributed by atoms with Gasteiger partial charge in [0.15, 0.2) is 15.0 Å². The Kier molecular flexibility index (Phi) is 6.27. The van der Waals surface area contributed by atoms with Gasteiger partial charge in [0.2, 0.25) is 5.91 Å². The topological polar surface area (TPSA) is 78.8 Å². The minimum Gasteiger partial charge on any atom is -0.325 e. The minimum absolute atomic E-state index is 0.00120. The van der Waals surface area contributed by atoms with E-state index in [1.807, 2.05) is 36.9 Å². The lowest BCUT2D eigenvalue weighted by atomic mass is 10.1. The molecule has 2 aromatic carbocycles. The van der Waals surface area contributed by atoms with Crippen LogP contribution in [-0.4, -0.2) is 48.8 Å². The van der Waals surface area contributed by atoms with E-state index in [4.69, 9.17) is 23.2 Å². The van der Waals surface area contributed by atoms with Gasteiger partial charge in [0, 0.05) is 21.4 Å². The van der Waals surface area contributed by atoms with Crippen LogP contribution in [0.4, 0.5) is 11.4 Å². The summed E-state index contributed by atoms with van der Waals surface area (Å²) in [7, 11) is -3.17. The van der Waals surface area contributed by atoms with Gasteiger partial charge in [-0.2, -0.15) is 0 Å². The highest BCUT2D eigenvalue weighted by molar-refractivity contribution is 8.14. The molecule has 0 radical (unpaired) electrons. The van der Waals surface area contributed by atoms with Gasteiger partial charge in [0.25, 0.3) is 0 Å². The highest BCUT2D eigenvalue weighted by Gasteiger charge is 2.47. The molecular formula is C21H21Cl2N3O3S2. The van der Waals surface area contributed by atoms with E-state index in [0.29, 0.717) is 20.9 Å². The molecule has 4 rings (SSSR count). The number of rotatable bonds is 4. The maximum Gasteiger partial charge on any atom is 0.234 e. The van der Waals surface area contributed by atoms with Crippen molar-refractivity contribution in [1.29, 1.82) is 0 Å². The summed E-state index contributed by atoms with van der Waals surface area (Å²) in [6, 6.07) is 10.3. The molecule has 1 fully saturated rings. The van der Waals surface area contributed by atoms with E-state index in [-0.39, 0.29) is 35.2 Å². The molecule has 1 N–H and O–H groups in total. The molecule has 0 aromatic heterocycles. The van der Waals surface area contributed by atoms with Crippen LogP contribution in [0.1, 0.15) is 11.1 Å². The molecule has 0 bridgehead atoms. The van der Waals surface area contributed by atoms with Crippen LogP contribution >= 0.6 is 35.0 Å². The smallest absolute Gasteiger partial charge is 0.234 e. The van der Waals surface area contributed by atoms with Gasteiger partial charge < -0.3 is 10.2 Å². The van der Waals surface area contributed by atoms with Crippen LogP contribution in [0.5, 0.6) is 0 Å². The number of fused-ring (bicyclic) bond motifs is 1. The van der Waals surface area contributed by atoms with Gasteiger partial charge in [-0.1, -0.05) is 47.1 Å². The van der Waals surface area contributed by atoms with Crippen molar-refractivity contribution in [3.63, 3.8) is 0 Å². The maximum absolute atomic E-state index is 12.6. The van der Waals surface area contributed by atoms with Crippen molar-refractivity contribution in [3.8, 4) is 0 Å². The second kappa shape index (κ2) is 8.65. The number of amides is 1. The quantitative estimate of drug-likeness (QED) is 0.679. The number of anilines is 2. The van der Waals surface area contributed by atoms with E-state index in [9.17, 15) is 13.2 Å². The van der Waals surface area contributed by atoms with Gasteiger partial charge >= 0.3 is 0 Å². The molecule has 164 valence electrons. The van der Waals surface area contributed by atoms with E-state index >= 15 is 0 Å². The predicted molar refractivity (Wildman–Crippen MR) is 130 cm³/mol. The minimum atomic E-state index is -3.17. The molecule has 0 spiro atoms. The summed E-state index contributed by atoms with van der Waals surface area (Å²) in [5.74, 6) is -0.00999. The molecule has 2 aliphatic rings. The number of carbonyl (C=O) groups excluding carboxylic acids is 1.